The minimum atomic E-state index is -0.293. The van der Waals surface area contributed by atoms with Crippen molar-refractivity contribution < 1.29 is 4.74 Å². The summed E-state index contributed by atoms with van der Waals surface area (Å²) in [5, 5.41) is 0.365. The second kappa shape index (κ2) is 4.47. The predicted molar refractivity (Wildman–Crippen MR) is 65.5 cm³/mol. The first-order valence-electron chi connectivity index (χ1n) is 4.86. The number of anilines is 1. The second-order valence-electron chi connectivity index (χ2n) is 3.43. The number of hydrogen-bond donors (Lipinski definition) is 2. The van der Waals surface area contributed by atoms with Crippen LogP contribution in [0.2, 0.25) is 5.02 Å². The minimum absolute atomic E-state index is 0.158. The van der Waals surface area contributed by atoms with E-state index < -0.39 is 0 Å². The molecule has 1 heterocycles. The Labute approximate surface area is 102 Å². The summed E-state index contributed by atoms with van der Waals surface area (Å²) in [6.45, 7) is 1.66. The molecule has 6 heteroatoms. The Balaban J connectivity index is 2.41. The number of ether oxygens (including phenoxy) is 1. The molecule has 0 bridgehead atoms. The van der Waals surface area contributed by atoms with E-state index in [9.17, 15) is 4.79 Å². The first kappa shape index (κ1) is 11.5. The first-order chi connectivity index (χ1) is 8.06. The third-order valence-corrected chi connectivity index (χ3v) is 2.34. The number of aromatic nitrogens is 2. The fraction of sp³-hybridized carbons (Fsp3) is 0.0909. The first-order valence-corrected chi connectivity index (χ1v) is 5.24. The highest BCUT2D eigenvalue weighted by atomic mass is 35.5. The van der Waals surface area contributed by atoms with Crippen molar-refractivity contribution in [3.8, 4) is 11.6 Å². The number of nitrogens with two attached hydrogens (primary N) is 1. The number of H-pyrrole nitrogens is 1. The quantitative estimate of drug-likeness (QED) is 0.801. The van der Waals surface area contributed by atoms with Crippen LogP contribution in [0.3, 0.4) is 0 Å². The van der Waals surface area contributed by atoms with Gasteiger partial charge in [-0.1, -0.05) is 17.7 Å². The fourth-order valence-electron chi connectivity index (χ4n) is 1.34. The molecule has 0 saturated carbocycles. The summed E-state index contributed by atoms with van der Waals surface area (Å²) >= 11 is 5.94. The molecule has 0 amide bonds. The van der Waals surface area contributed by atoms with Gasteiger partial charge in [0.15, 0.2) is 5.75 Å². The molecule has 17 heavy (non-hydrogen) atoms. The largest absolute Gasteiger partial charge is 0.435 e. The zero-order valence-corrected chi connectivity index (χ0v) is 9.78. The van der Waals surface area contributed by atoms with Crippen molar-refractivity contribution in [2.24, 2.45) is 0 Å². The molecule has 0 spiro atoms. The molecule has 0 aliphatic rings. The van der Waals surface area contributed by atoms with Crippen LogP contribution in [0.4, 0.5) is 5.69 Å². The van der Waals surface area contributed by atoms with E-state index in [4.69, 9.17) is 22.1 Å². The SMILES string of the molecule is Cc1nc(Oc2c(N)cccc2Cl)cc(=O)[nH]1. The lowest BCUT2D eigenvalue weighted by molar-refractivity contribution is 0.461. The van der Waals surface area contributed by atoms with Gasteiger partial charge in [-0.25, -0.2) is 4.98 Å². The molecule has 0 aliphatic carbocycles. The van der Waals surface area contributed by atoms with Crippen molar-refractivity contribution in [2.75, 3.05) is 5.73 Å². The molecule has 0 saturated heterocycles. The molecular weight excluding hydrogens is 242 g/mol. The van der Waals surface area contributed by atoms with E-state index in [-0.39, 0.29) is 11.4 Å². The molecule has 1 aromatic heterocycles. The molecule has 1 aromatic carbocycles. The lowest BCUT2D eigenvalue weighted by Crippen LogP contribution is -2.08. The summed E-state index contributed by atoms with van der Waals surface area (Å²) < 4.78 is 5.41. The van der Waals surface area contributed by atoms with Gasteiger partial charge >= 0.3 is 0 Å². The van der Waals surface area contributed by atoms with Crippen LogP contribution in [0.1, 0.15) is 5.82 Å². The topological polar surface area (TPSA) is 81.0 Å². The van der Waals surface area contributed by atoms with Gasteiger partial charge in [-0.2, -0.15) is 0 Å². The molecule has 2 rings (SSSR count). The number of benzene rings is 1. The molecule has 88 valence electrons. The highest BCUT2D eigenvalue weighted by Gasteiger charge is 2.08. The van der Waals surface area contributed by atoms with Crippen LogP contribution in [0.25, 0.3) is 0 Å². The van der Waals surface area contributed by atoms with Crippen LogP contribution >= 0.6 is 11.6 Å². The number of hydrogen-bond acceptors (Lipinski definition) is 4. The van der Waals surface area contributed by atoms with Gasteiger partial charge in [0, 0.05) is 0 Å². The lowest BCUT2D eigenvalue weighted by Gasteiger charge is -2.09. The third-order valence-electron chi connectivity index (χ3n) is 2.04. The Bertz CT molecular complexity index is 590. The zero-order valence-electron chi connectivity index (χ0n) is 9.03. The molecule has 0 atom stereocenters. The van der Waals surface area contributed by atoms with Crippen LogP contribution in [-0.4, -0.2) is 9.97 Å². The number of aromatic amines is 1. The number of nitrogen functional groups attached to an aromatic ring is 1. The van der Waals surface area contributed by atoms with Crippen LogP contribution in [-0.2, 0) is 0 Å². The fourth-order valence-corrected chi connectivity index (χ4v) is 1.56. The molecule has 0 aliphatic heterocycles. The summed E-state index contributed by atoms with van der Waals surface area (Å²) in [6.07, 6.45) is 0. The Hall–Kier alpha value is -2.01. The molecule has 3 N–H and O–H groups in total. The highest BCUT2D eigenvalue weighted by Crippen LogP contribution is 2.33. The summed E-state index contributed by atoms with van der Waals surface area (Å²) in [6, 6.07) is 6.24. The molecular formula is C11H10ClN3O2. The molecule has 2 aromatic rings. The van der Waals surface area contributed by atoms with Crippen molar-refractivity contribution in [1.29, 1.82) is 0 Å². The van der Waals surface area contributed by atoms with Crippen LogP contribution in [0.15, 0.2) is 29.1 Å². The van der Waals surface area contributed by atoms with E-state index in [0.29, 0.717) is 22.3 Å². The molecule has 0 unspecified atom stereocenters. The van der Waals surface area contributed by atoms with Crippen LogP contribution in [0, 0.1) is 6.92 Å². The van der Waals surface area contributed by atoms with E-state index in [0.717, 1.165) is 0 Å². The van der Waals surface area contributed by atoms with Gasteiger partial charge in [-0.3, -0.25) is 4.79 Å². The normalized spacial score (nSPS) is 10.2. The second-order valence-corrected chi connectivity index (χ2v) is 3.84. The Kier molecular flexibility index (Phi) is 3.01. The summed E-state index contributed by atoms with van der Waals surface area (Å²) in [5.74, 6) is 0.913. The van der Waals surface area contributed by atoms with E-state index >= 15 is 0 Å². The van der Waals surface area contributed by atoms with Crippen LogP contribution < -0.4 is 16.0 Å². The maximum absolute atomic E-state index is 11.2. The summed E-state index contributed by atoms with van der Waals surface area (Å²) in [4.78, 5) is 17.8. The van der Waals surface area contributed by atoms with E-state index in [1.54, 1.807) is 25.1 Å². The number of nitrogens with one attached hydrogen (secondary N) is 1. The average Bonchev–Trinajstić information content (AvgIpc) is 2.22. The maximum atomic E-state index is 11.2. The van der Waals surface area contributed by atoms with Gasteiger partial charge in [0.1, 0.15) is 5.82 Å². The molecule has 0 radical (unpaired) electrons. The Morgan fingerprint density at radius 2 is 2.24 bits per heavy atom. The lowest BCUT2D eigenvalue weighted by atomic mass is 10.3. The van der Waals surface area contributed by atoms with E-state index in [1.807, 2.05) is 0 Å². The number of aryl methyl sites for hydroxylation is 1. The predicted octanol–water partition coefficient (Wildman–Crippen LogP) is 2.11. The van der Waals surface area contributed by atoms with Gasteiger partial charge < -0.3 is 15.5 Å². The highest BCUT2D eigenvalue weighted by molar-refractivity contribution is 6.32. The monoisotopic (exact) mass is 251 g/mol. The minimum Gasteiger partial charge on any atom is -0.435 e. The van der Waals surface area contributed by atoms with Gasteiger partial charge in [-0.15, -0.1) is 0 Å². The van der Waals surface area contributed by atoms with Crippen molar-refractivity contribution in [1.82, 2.24) is 9.97 Å². The average molecular weight is 252 g/mol. The van der Waals surface area contributed by atoms with Crippen molar-refractivity contribution >= 4 is 17.3 Å². The summed E-state index contributed by atoms with van der Waals surface area (Å²) in [7, 11) is 0. The number of rotatable bonds is 2. The standard InChI is InChI=1S/C11H10ClN3O2/c1-6-14-9(16)5-10(15-6)17-11-7(12)3-2-4-8(11)13/h2-5H,13H2,1H3,(H,14,15,16). The van der Waals surface area contributed by atoms with E-state index in [1.165, 1.54) is 6.07 Å². The molecule has 5 nitrogen and oxygen atoms in total. The number of nitrogens with zero attached hydrogens (tertiary/aromatic N) is 1. The van der Waals surface area contributed by atoms with Crippen molar-refractivity contribution in [3.05, 3.63) is 45.5 Å². The maximum Gasteiger partial charge on any atom is 0.254 e. The van der Waals surface area contributed by atoms with Crippen molar-refractivity contribution in [2.45, 2.75) is 6.92 Å². The zero-order chi connectivity index (χ0) is 12.4. The van der Waals surface area contributed by atoms with Gasteiger partial charge in [0.2, 0.25) is 5.88 Å². The van der Waals surface area contributed by atoms with Gasteiger partial charge in [-0.05, 0) is 19.1 Å². The Morgan fingerprint density at radius 3 is 2.88 bits per heavy atom. The molecule has 0 fully saturated rings. The number of halogens is 1. The van der Waals surface area contributed by atoms with Gasteiger partial charge in [0.05, 0.1) is 16.8 Å². The smallest absolute Gasteiger partial charge is 0.254 e. The number of para-hydroxylation sites is 1. The van der Waals surface area contributed by atoms with Gasteiger partial charge in [0.25, 0.3) is 5.56 Å². The van der Waals surface area contributed by atoms with Crippen LogP contribution in [0.5, 0.6) is 11.6 Å². The third kappa shape index (κ3) is 2.57. The van der Waals surface area contributed by atoms with E-state index in [2.05, 4.69) is 9.97 Å². The summed E-state index contributed by atoms with van der Waals surface area (Å²) in [5.41, 5.74) is 5.82. The Morgan fingerprint density at radius 1 is 1.47 bits per heavy atom. The van der Waals surface area contributed by atoms with Crippen molar-refractivity contribution in [3.63, 3.8) is 0 Å².